The molecule has 0 bridgehead atoms. The van der Waals surface area contributed by atoms with E-state index in [1.54, 1.807) is 11.5 Å². The number of fused-ring (bicyclic) bond motifs is 1. The number of carbonyl (C=O) groups is 1. The van der Waals surface area contributed by atoms with Gasteiger partial charge in [-0.25, -0.2) is 18.6 Å². The molecule has 0 atom stereocenters. The van der Waals surface area contributed by atoms with E-state index in [0.717, 1.165) is 5.57 Å². The first kappa shape index (κ1) is 23.9. The smallest absolute Gasteiger partial charge is 0.330 e. The second-order valence-corrected chi connectivity index (χ2v) is 8.51. The molecule has 1 aromatic carbocycles. The molecule has 0 unspecified atom stereocenters. The van der Waals surface area contributed by atoms with Gasteiger partial charge < -0.3 is 15.8 Å². The summed E-state index contributed by atoms with van der Waals surface area (Å²) in [5, 5.41) is 3.79. The summed E-state index contributed by atoms with van der Waals surface area (Å²) in [5.74, 6) is -1.06. The minimum Gasteiger partial charge on any atom is -0.381 e. The summed E-state index contributed by atoms with van der Waals surface area (Å²) in [6, 6.07) is 2.52. The van der Waals surface area contributed by atoms with Crippen molar-refractivity contribution in [1.29, 1.82) is 0 Å². The minimum atomic E-state index is -0.839. The Labute approximate surface area is 195 Å². The van der Waals surface area contributed by atoms with Crippen molar-refractivity contribution >= 4 is 17.7 Å². The molecule has 34 heavy (non-hydrogen) atoms. The number of alkyl halides is 1. The van der Waals surface area contributed by atoms with Crippen molar-refractivity contribution in [3.63, 3.8) is 0 Å². The number of primary amides is 1. The van der Waals surface area contributed by atoms with Gasteiger partial charge >= 0.3 is 5.69 Å². The maximum atomic E-state index is 14.5. The van der Waals surface area contributed by atoms with E-state index in [1.165, 1.54) is 16.7 Å². The fourth-order valence-corrected chi connectivity index (χ4v) is 4.52. The van der Waals surface area contributed by atoms with Crippen LogP contribution in [0.25, 0.3) is 6.08 Å². The molecular formula is C24H29F2N5O3. The van der Waals surface area contributed by atoms with Gasteiger partial charge in [-0.05, 0) is 55.9 Å². The number of carbonyl (C=O) groups excluding carboxylic acids is 1. The lowest BCUT2D eigenvalue weighted by atomic mass is 10.1. The molecule has 1 aromatic heterocycles. The van der Waals surface area contributed by atoms with E-state index in [2.05, 4.69) is 5.32 Å². The van der Waals surface area contributed by atoms with E-state index < -0.39 is 18.4 Å². The average Bonchev–Trinajstić information content (AvgIpc) is 2.95. The van der Waals surface area contributed by atoms with Crippen LogP contribution in [0.2, 0.25) is 0 Å². The number of nitrogens with zero attached hydrogens (tertiary/aromatic N) is 3. The van der Waals surface area contributed by atoms with Crippen molar-refractivity contribution in [3.8, 4) is 0 Å². The Morgan fingerprint density at radius 3 is 2.71 bits per heavy atom. The Bertz CT molecular complexity index is 1320. The average molecular weight is 474 g/mol. The maximum Gasteiger partial charge on any atom is 0.330 e. The van der Waals surface area contributed by atoms with Crippen LogP contribution >= 0.6 is 0 Å². The number of nitrogens with two attached hydrogens (primary N) is 1. The third kappa shape index (κ3) is 4.42. The van der Waals surface area contributed by atoms with Crippen LogP contribution in [0.5, 0.6) is 0 Å². The van der Waals surface area contributed by atoms with Crippen LogP contribution in [0.1, 0.15) is 54.6 Å². The molecule has 0 radical (unpaired) electrons. The predicted molar refractivity (Wildman–Crippen MR) is 124 cm³/mol. The lowest BCUT2D eigenvalue weighted by Gasteiger charge is -2.22. The van der Waals surface area contributed by atoms with Crippen LogP contribution < -0.4 is 27.6 Å². The van der Waals surface area contributed by atoms with Crippen LogP contribution in [-0.2, 0) is 11.3 Å². The van der Waals surface area contributed by atoms with Crippen LogP contribution in [-0.4, -0.2) is 34.9 Å². The summed E-state index contributed by atoms with van der Waals surface area (Å²) < 4.78 is 36.4. The lowest BCUT2D eigenvalue weighted by Crippen LogP contribution is -2.38. The zero-order valence-corrected chi connectivity index (χ0v) is 19.4. The van der Waals surface area contributed by atoms with Gasteiger partial charge in [0.1, 0.15) is 18.3 Å². The number of imidazole rings is 1. The monoisotopic (exact) mass is 473 g/mol. The second-order valence-electron chi connectivity index (χ2n) is 8.51. The number of benzene rings is 1. The molecule has 4 rings (SSSR count). The van der Waals surface area contributed by atoms with Crippen molar-refractivity contribution in [1.82, 2.24) is 9.13 Å². The van der Waals surface area contributed by atoms with Gasteiger partial charge in [-0.15, -0.1) is 0 Å². The number of hydrogen-bond acceptors (Lipinski definition) is 5. The number of hydrogen-bond donors (Lipinski definition) is 2. The van der Waals surface area contributed by atoms with Crippen LogP contribution in [0.3, 0.4) is 0 Å². The van der Waals surface area contributed by atoms with E-state index >= 15 is 0 Å². The van der Waals surface area contributed by atoms with Crippen LogP contribution in [0.15, 0.2) is 33.3 Å². The number of rotatable bonds is 7. The third-order valence-corrected chi connectivity index (χ3v) is 6.40. The first-order valence-electron chi connectivity index (χ1n) is 11.5. The number of ether oxygens (including phenoxy) is 1. The highest BCUT2D eigenvalue weighted by atomic mass is 19.1. The summed E-state index contributed by atoms with van der Waals surface area (Å²) in [5.41, 5.74) is 7.27. The van der Waals surface area contributed by atoms with E-state index in [4.69, 9.17) is 15.5 Å². The van der Waals surface area contributed by atoms with E-state index in [-0.39, 0.29) is 23.8 Å². The van der Waals surface area contributed by atoms with Gasteiger partial charge in [0.05, 0.1) is 17.5 Å². The van der Waals surface area contributed by atoms with Gasteiger partial charge in [-0.2, -0.15) is 0 Å². The second kappa shape index (κ2) is 9.92. The number of anilines is 1. The number of aromatic nitrogens is 2. The maximum absolute atomic E-state index is 14.5. The molecular weight excluding hydrogens is 444 g/mol. The molecule has 3 N–H and O–H groups in total. The van der Waals surface area contributed by atoms with E-state index in [9.17, 15) is 18.4 Å². The number of allylic oxidation sites excluding steroid dienone is 1. The van der Waals surface area contributed by atoms with Crippen molar-refractivity contribution in [2.75, 3.05) is 25.2 Å². The van der Waals surface area contributed by atoms with Gasteiger partial charge in [-0.3, -0.25) is 13.9 Å². The normalized spacial score (nSPS) is 16.5. The molecule has 1 saturated heterocycles. The standard InChI is InChI=1S/C24H29F2N5O3/c1-3-15-4-5-20-23(31(16-6-10-34-11-7-16)24(33)30(20)9-8-25)29-22(15)28-19-13-18(26)17(21(27)32)12-14(19)2/h5,12-13,16,28H,3-4,6-11H2,1-2H3,(H2,27,32). The SMILES string of the molecule is CCC1=C(Nc2cc(F)c(C(N)=O)cc2C)N=c2c(n(CCF)c(=O)n2C2CCOCC2)=CC1. The summed E-state index contributed by atoms with van der Waals surface area (Å²) in [6.07, 6.45) is 4.39. The Balaban J connectivity index is 1.87. The van der Waals surface area contributed by atoms with Gasteiger partial charge in [0.2, 0.25) is 0 Å². The highest BCUT2D eigenvalue weighted by Gasteiger charge is 2.24. The van der Waals surface area contributed by atoms with Crippen molar-refractivity contribution in [2.45, 2.75) is 52.1 Å². The zero-order valence-electron chi connectivity index (χ0n) is 19.4. The Kier molecular flexibility index (Phi) is 6.97. The quantitative estimate of drug-likeness (QED) is 0.642. The molecule has 1 fully saturated rings. The number of halogens is 2. The first-order chi connectivity index (χ1) is 16.3. The molecule has 0 saturated carbocycles. The highest BCUT2D eigenvalue weighted by molar-refractivity contribution is 5.93. The number of nitrogens with one attached hydrogen (secondary N) is 1. The van der Waals surface area contributed by atoms with Gasteiger partial charge in [-0.1, -0.05) is 13.0 Å². The fraction of sp³-hybridized carbons (Fsp3) is 0.458. The molecule has 8 nitrogen and oxygen atoms in total. The van der Waals surface area contributed by atoms with E-state index in [0.29, 0.717) is 66.8 Å². The van der Waals surface area contributed by atoms with Crippen molar-refractivity contribution < 1.29 is 18.3 Å². The Morgan fingerprint density at radius 2 is 2.06 bits per heavy atom. The minimum absolute atomic E-state index is 0.0491. The molecule has 182 valence electrons. The molecule has 0 aliphatic carbocycles. The Morgan fingerprint density at radius 1 is 1.32 bits per heavy atom. The highest BCUT2D eigenvalue weighted by Crippen LogP contribution is 2.25. The molecule has 1 amide bonds. The Hall–Kier alpha value is -3.27. The van der Waals surface area contributed by atoms with Gasteiger partial charge in [0, 0.05) is 24.9 Å². The fourth-order valence-electron chi connectivity index (χ4n) is 4.52. The summed E-state index contributed by atoms with van der Waals surface area (Å²) in [6.45, 7) is 4.09. The molecule has 2 aliphatic rings. The predicted octanol–water partition coefficient (Wildman–Crippen LogP) is 2.05. The van der Waals surface area contributed by atoms with Crippen molar-refractivity contribution in [2.24, 2.45) is 10.7 Å². The third-order valence-electron chi connectivity index (χ3n) is 6.40. The molecule has 10 heteroatoms. The largest absolute Gasteiger partial charge is 0.381 e. The lowest BCUT2D eigenvalue weighted by molar-refractivity contribution is 0.0675. The molecule has 2 aliphatic heterocycles. The summed E-state index contributed by atoms with van der Waals surface area (Å²) in [7, 11) is 0. The zero-order chi connectivity index (χ0) is 24.4. The van der Waals surface area contributed by atoms with E-state index in [1.807, 2.05) is 13.0 Å². The van der Waals surface area contributed by atoms with Crippen LogP contribution in [0, 0.1) is 12.7 Å². The van der Waals surface area contributed by atoms with Gasteiger partial charge in [0.15, 0.2) is 5.49 Å². The first-order valence-corrected chi connectivity index (χ1v) is 11.5. The number of aryl methyl sites for hydroxylation is 1. The molecule has 3 heterocycles. The van der Waals surface area contributed by atoms with Crippen molar-refractivity contribution in [3.05, 3.63) is 61.8 Å². The molecule has 0 spiro atoms. The van der Waals surface area contributed by atoms with Crippen LogP contribution in [0.4, 0.5) is 14.5 Å². The summed E-state index contributed by atoms with van der Waals surface area (Å²) in [4.78, 5) is 29.6. The molecule has 2 aromatic rings. The summed E-state index contributed by atoms with van der Waals surface area (Å²) >= 11 is 0. The van der Waals surface area contributed by atoms with Gasteiger partial charge in [0.25, 0.3) is 5.91 Å². The number of amides is 1. The topological polar surface area (TPSA) is 104 Å².